The number of nitrogens with one attached hydrogen (secondary N) is 1. The van der Waals surface area contributed by atoms with Gasteiger partial charge in [0.25, 0.3) is 0 Å². The third kappa shape index (κ3) is 5.56. The summed E-state index contributed by atoms with van der Waals surface area (Å²) in [6.07, 6.45) is 2.96. The number of rotatable bonds is 7. The first-order valence-electron chi connectivity index (χ1n) is 12.0. The number of carbonyl (C=O) groups is 1. The van der Waals surface area contributed by atoms with Crippen LogP contribution in [-0.4, -0.2) is 44.8 Å². The summed E-state index contributed by atoms with van der Waals surface area (Å²) in [4.78, 5) is 19.7. The number of aryl methyl sites for hydroxylation is 1. The first-order valence-corrected chi connectivity index (χ1v) is 12.9. The molecule has 2 aromatic carbocycles. The number of hydrogen-bond donors (Lipinski definition) is 2. The van der Waals surface area contributed by atoms with E-state index in [0.717, 1.165) is 77.4 Å². The number of ether oxygens (including phenoxy) is 1. The molecule has 3 heterocycles. The summed E-state index contributed by atoms with van der Waals surface area (Å²) in [5.41, 5.74) is 4.80. The highest BCUT2D eigenvalue weighted by atomic mass is 32.1. The molecule has 1 fully saturated rings. The first-order chi connectivity index (χ1) is 17.1. The quantitative estimate of drug-likeness (QED) is 0.358. The van der Waals surface area contributed by atoms with Crippen LogP contribution in [0.5, 0.6) is 0 Å². The molecule has 0 unspecified atom stereocenters. The molecular formula is C27H30N4O3S. The second-order valence-corrected chi connectivity index (χ2v) is 9.76. The van der Waals surface area contributed by atoms with Gasteiger partial charge in [-0.05, 0) is 43.5 Å². The fourth-order valence-corrected chi connectivity index (χ4v) is 5.29. The number of aliphatic hydroxyl groups is 1. The van der Waals surface area contributed by atoms with Gasteiger partial charge in [-0.1, -0.05) is 30.3 Å². The van der Waals surface area contributed by atoms with Gasteiger partial charge in [0.1, 0.15) is 11.6 Å². The molecule has 35 heavy (non-hydrogen) atoms. The van der Waals surface area contributed by atoms with Crippen molar-refractivity contribution in [1.29, 1.82) is 0 Å². The van der Waals surface area contributed by atoms with Crippen molar-refractivity contribution in [3.63, 3.8) is 0 Å². The normalized spacial score (nSPS) is 14.9. The Labute approximate surface area is 209 Å². The SMILES string of the molecule is CCn1cc(NC(=O)OCc2ccccc2)c2cc(-c3nc(CN4CCC(O)CC4)cs3)ccc21. The maximum Gasteiger partial charge on any atom is 0.412 e. The Morgan fingerprint density at radius 3 is 2.77 bits per heavy atom. The molecule has 1 saturated heterocycles. The average molecular weight is 491 g/mol. The molecule has 0 aliphatic carbocycles. The van der Waals surface area contributed by atoms with Crippen LogP contribution < -0.4 is 5.32 Å². The van der Waals surface area contributed by atoms with Crippen LogP contribution in [0.1, 0.15) is 31.0 Å². The van der Waals surface area contributed by atoms with Gasteiger partial charge < -0.3 is 14.4 Å². The number of likely N-dealkylation sites (tertiary alicyclic amines) is 1. The van der Waals surface area contributed by atoms with Gasteiger partial charge in [-0.15, -0.1) is 11.3 Å². The number of thiazole rings is 1. The van der Waals surface area contributed by atoms with Crippen LogP contribution in [0.25, 0.3) is 21.5 Å². The van der Waals surface area contributed by atoms with E-state index in [0.29, 0.717) is 0 Å². The molecule has 1 amide bonds. The van der Waals surface area contributed by atoms with Gasteiger partial charge in [-0.2, -0.15) is 0 Å². The van der Waals surface area contributed by atoms with E-state index >= 15 is 0 Å². The molecule has 4 aromatic rings. The number of anilines is 1. The zero-order valence-corrected chi connectivity index (χ0v) is 20.6. The van der Waals surface area contributed by atoms with Crippen molar-refractivity contribution in [3.05, 3.63) is 71.4 Å². The molecule has 0 spiro atoms. The molecule has 0 radical (unpaired) electrons. The Balaban J connectivity index is 1.32. The number of amides is 1. The number of benzene rings is 2. The molecule has 7 nitrogen and oxygen atoms in total. The van der Waals surface area contributed by atoms with E-state index < -0.39 is 6.09 Å². The summed E-state index contributed by atoms with van der Waals surface area (Å²) in [7, 11) is 0. The summed E-state index contributed by atoms with van der Waals surface area (Å²) in [6.45, 7) is 5.71. The molecule has 1 aliphatic rings. The number of aromatic nitrogens is 2. The number of nitrogens with zero attached hydrogens (tertiary/aromatic N) is 3. The summed E-state index contributed by atoms with van der Waals surface area (Å²) < 4.78 is 7.55. The van der Waals surface area contributed by atoms with Crippen molar-refractivity contribution in [2.45, 2.75) is 45.6 Å². The summed E-state index contributed by atoms with van der Waals surface area (Å²) >= 11 is 1.63. The molecule has 2 N–H and O–H groups in total. The minimum absolute atomic E-state index is 0.169. The number of aliphatic hydroxyl groups excluding tert-OH is 1. The van der Waals surface area contributed by atoms with E-state index in [1.807, 2.05) is 36.5 Å². The lowest BCUT2D eigenvalue weighted by molar-refractivity contribution is 0.0787. The number of carbonyl (C=O) groups excluding carboxylic acids is 1. The molecule has 5 rings (SSSR count). The van der Waals surface area contributed by atoms with E-state index in [2.05, 4.69) is 45.3 Å². The molecule has 0 bridgehead atoms. The fraction of sp³-hybridized carbons (Fsp3) is 0.333. The van der Waals surface area contributed by atoms with Crippen LogP contribution in [0.15, 0.2) is 60.1 Å². The van der Waals surface area contributed by atoms with Crippen LogP contribution in [0.3, 0.4) is 0 Å². The zero-order valence-electron chi connectivity index (χ0n) is 19.8. The van der Waals surface area contributed by atoms with Crippen LogP contribution in [0.4, 0.5) is 10.5 Å². The molecule has 1 aliphatic heterocycles. The van der Waals surface area contributed by atoms with Crippen molar-refractivity contribution in [2.75, 3.05) is 18.4 Å². The third-order valence-electron chi connectivity index (χ3n) is 6.41. The lowest BCUT2D eigenvalue weighted by Gasteiger charge is -2.28. The second kappa shape index (κ2) is 10.6. The van der Waals surface area contributed by atoms with E-state index in [9.17, 15) is 9.90 Å². The largest absolute Gasteiger partial charge is 0.444 e. The van der Waals surface area contributed by atoms with Crippen molar-refractivity contribution in [2.24, 2.45) is 0 Å². The van der Waals surface area contributed by atoms with Gasteiger partial charge in [0.15, 0.2) is 0 Å². The van der Waals surface area contributed by atoms with Gasteiger partial charge in [0.2, 0.25) is 0 Å². The zero-order chi connectivity index (χ0) is 24.2. The average Bonchev–Trinajstić information content (AvgIpc) is 3.49. The molecule has 0 saturated carbocycles. The Hall–Kier alpha value is -3.20. The van der Waals surface area contributed by atoms with Gasteiger partial charge in [-0.3, -0.25) is 10.2 Å². The summed E-state index contributed by atoms with van der Waals surface area (Å²) in [5.74, 6) is 0. The van der Waals surface area contributed by atoms with Crippen LogP contribution in [0.2, 0.25) is 0 Å². The van der Waals surface area contributed by atoms with E-state index in [-0.39, 0.29) is 12.7 Å². The molecule has 2 aromatic heterocycles. The van der Waals surface area contributed by atoms with Crippen LogP contribution in [0, 0.1) is 0 Å². The Morgan fingerprint density at radius 1 is 1.20 bits per heavy atom. The predicted octanol–water partition coefficient (Wildman–Crippen LogP) is 5.49. The molecule has 182 valence electrons. The van der Waals surface area contributed by atoms with Gasteiger partial charge in [0, 0.05) is 48.7 Å². The standard InChI is InChI=1S/C27H30N4O3S/c1-2-31-16-24(29-27(33)34-17-19-6-4-3-5-7-19)23-14-20(8-9-25(23)31)26-28-21(18-35-26)15-30-12-10-22(32)11-13-30/h3-9,14,16,18,22,32H,2,10-13,15,17H2,1H3,(H,29,33). The van der Waals surface area contributed by atoms with Gasteiger partial charge in [0.05, 0.1) is 23.0 Å². The molecule has 8 heteroatoms. The lowest BCUT2D eigenvalue weighted by Crippen LogP contribution is -2.35. The number of hydrogen-bond acceptors (Lipinski definition) is 6. The maximum absolute atomic E-state index is 12.5. The lowest BCUT2D eigenvalue weighted by atomic mass is 10.1. The Kier molecular flexibility index (Phi) is 7.13. The highest BCUT2D eigenvalue weighted by Gasteiger charge is 2.19. The minimum atomic E-state index is -0.474. The number of fused-ring (bicyclic) bond motifs is 1. The molecular weight excluding hydrogens is 460 g/mol. The maximum atomic E-state index is 12.5. The first kappa shape index (κ1) is 23.5. The fourth-order valence-electron chi connectivity index (χ4n) is 4.48. The summed E-state index contributed by atoms with van der Waals surface area (Å²) in [6, 6.07) is 15.9. The minimum Gasteiger partial charge on any atom is -0.444 e. The van der Waals surface area contributed by atoms with Crippen molar-refractivity contribution in [3.8, 4) is 10.6 Å². The third-order valence-corrected chi connectivity index (χ3v) is 7.35. The van der Waals surface area contributed by atoms with E-state index in [4.69, 9.17) is 9.72 Å². The van der Waals surface area contributed by atoms with Crippen molar-refractivity contribution in [1.82, 2.24) is 14.5 Å². The van der Waals surface area contributed by atoms with E-state index in [1.165, 1.54) is 0 Å². The highest BCUT2D eigenvalue weighted by Crippen LogP contribution is 2.33. The van der Waals surface area contributed by atoms with Crippen molar-refractivity contribution < 1.29 is 14.6 Å². The van der Waals surface area contributed by atoms with Crippen LogP contribution >= 0.6 is 11.3 Å². The van der Waals surface area contributed by atoms with Gasteiger partial charge >= 0.3 is 6.09 Å². The Morgan fingerprint density at radius 2 is 2.00 bits per heavy atom. The predicted molar refractivity (Wildman–Crippen MR) is 139 cm³/mol. The second-order valence-electron chi connectivity index (χ2n) is 8.90. The van der Waals surface area contributed by atoms with Gasteiger partial charge in [-0.25, -0.2) is 9.78 Å². The highest BCUT2D eigenvalue weighted by molar-refractivity contribution is 7.13. The summed E-state index contributed by atoms with van der Waals surface area (Å²) in [5, 5.41) is 16.7. The van der Waals surface area contributed by atoms with E-state index in [1.54, 1.807) is 11.3 Å². The number of piperidine rings is 1. The Bertz CT molecular complexity index is 1290. The van der Waals surface area contributed by atoms with Crippen molar-refractivity contribution >= 4 is 34.0 Å². The smallest absolute Gasteiger partial charge is 0.412 e. The topological polar surface area (TPSA) is 79.6 Å². The molecule has 0 atom stereocenters. The monoisotopic (exact) mass is 490 g/mol. The van der Waals surface area contributed by atoms with Crippen LogP contribution in [-0.2, 0) is 24.4 Å².